The second kappa shape index (κ2) is 6.59. The average molecular weight is 283 g/mol. The van der Waals surface area contributed by atoms with Gasteiger partial charge in [-0.15, -0.1) is 0 Å². The standard InChI is InChI=1S/C17H21N3O/c1-15(17-8-5-13-21-17)18-20-11-9-19(10-12-20)14-16-6-3-2-4-7-16/h2-8,13H,9-12,14H2,1H3/b18-15+. The monoisotopic (exact) mass is 283 g/mol. The van der Waals surface area contributed by atoms with Crippen LogP contribution in [-0.4, -0.2) is 41.8 Å². The fraction of sp³-hybridized carbons (Fsp3) is 0.353. The maximum Gasteiger partial charge on any atom is 0.149 e. The minimum absolute atomic E-state index is 0.849. The van der Waals surface area contributed by atoms with Crippen LogP contribution in [0.15, 0.2) is 58.2 Å². The van der Waals surface area contributed by atoms with Gasteiger partial charge in [0.2, 0.25) is 0 Å². The van der Waals surface area contributed by atoms with Crippen LogP contribution in [0.2, 0.25) is 0 Å². The van der Waals surface area contributed by atoms with E-state index in [1.54, 1.807) is 6.26 Å². The van der Waals surface area contributed by atoms with Gasteiger partial charge in [-0.1, -0.05) is 30.3 Å². The molecule has 1 saturated heterocycles. The lowest BCUT2D eigenvalue weighted by Crippen LogP contribution is -2.43. The SMILES string of the molecule is C/C(=N\N1CCN(Cc2ccccc2)CC1)c1ccco1. The van der Waals surface area contributed by atoms with Crippen molar-refractivity contribution >= 4 is 5.71 Å². The first-order valence-corrected chi connectivity index (χ1v) is 7.41. The zero-order valence-electron chi connectivity index (χ0n) is 12.4. The first-order chi connectivity index (χ1) is 10.3. The molecule has 2 heterocycles. The van der Waals surface area contributed by atoms with Crippen molar-refractivity contribution in [2.45, 2.75) is 13.5 Å². The van der Waals surface area contributed by atoms with Crippen molar-refractivity contribution in [2.75, 3.05) is 26.2 Å². The van der Waals surface area contributed by atoms with Gasteiger partial charge in [0.05, 0.1) is 12.0 Å². The second-order valence-corrected chi connectivity index (χ2v) is 5.38. The van der Waals surface area contributed by atoms with Crippen molar-refractivity contribution in [3.05, 3.63) is 60.1 Å². The fourth-order valence-corrected chi connectivity index (χ4v) is 2.58. The molecule has 1 aliphatic rings. The molecule has 110 valence electrons. The highest BCUT2D eigenvalue weighted by Crippen LogP contribution is 2.10. The second-order valence-electron chi connectivity index (χ2n) is 5.38. The number of piperazine rings is 1. The Morgan fingerprint density at radius 3 is 2.48 bits per heavy atom. The summed E-state index contributed by atoms with van der Waals surface area (Å²) in [5, 5.41) is 6.79. The van der Waals surface area contributed by atoms with Crippen LogP contribution in [0.3, 0.4) is 0 Å². The molecule has 0 radical (unpaired) electrons. The molecule has 0 saturated carbocycles. The quantitative estimate of drug-likeness (QED) is 0.809. The number of hydrogen-bond acceptors (Lipinski definition) is 4. The minimum atomic E-state index is 0.849. The number of rotatable bonds is 4. The van der Waals surface area contributed by atoms with Gasteiger partial charge >= 0.3 is 0 Å². The smallest absolute Gasteiger partial charge is 0.149 e. The van der Waals surface area contributed by atoms with E-state index in [1.165, 1.54) is 5.56 Å². The van der Waals surface area contributed by atoms with Gasteiger partial charge in [0.15, 0.2) is 0 Å². The summed E-state index contributed by atoms with van der Waals surface area (Å²) >= 11 is 0. The number of hydrazone groups is 1. The van der Waals surface area contributed by atoms with E-state index in [-0.39, 0.29) is 0 Å². The zero-order chi connectivity index (χ0) is 14.5. The maximum atomic E-state index is 5.37. The summed E-state index contributed by atoms with van der Waals surface area (Å²) in [6.07, 6.45) is 1.69. The number of furan rings is 1. The summed E-state index contributed by atoms with van der Waals surface area (Å²) in [6.45, 7) is 7.04. The normalized spacial score (nSPS) is 17.2. The first-order valence-electron chi connectivity index (χ1n) is 7.41. The van der Waals surface area contributed by atoms with Crippen molar-refractivity contribution in [3.63, 3.8) is 0 Å². The Bertz CT molecular complexity index is 569. The Labute approximate surface area is 125 Å². The molecule has 4 heteroatoms. The largest absolute Gasteiger partial charge is 0.463 e. The van der Waals surface area contributed by atoms with Crippen LogP contribution in [0.5, 0.6) is 0 Å². The van der Waals surface area contributed by atoms with Crippen molar-refractivity contribution in [1.29, 1.82) is 0 Å². The topological polar surface area (TPSA) is 32.0 Å². The highest BCUT2D eigenvalue weighted by Gasteiger charge is 2.16. The lowest BCUT2D eigenvalue weighted by Gasteiger charge is -2.33. The molecule has 0 unspecified atom stereocenters. The summed E-state index contributed by atoms with van der Waals surface area (Å²) in [5.41, 5.74) is 2.32. The molecule has 21 heavy (non-hydrogen) atoms. The summed E-state index contributed by atoms with van der Waals surface area (Å²) in [5.74, 6) is 0.849. The number of hydrogen-bond donors (Lipinski definition) is 0. The summed E-state index contributed by atoms with van der Waals surface area (Å²) in [4.78, 5) is 2.48. The minimum Gasteiger partial charge on any atom is -0.463 e. The highest BCUT2D eigenvalue weighted by atomic mass is 16.3. The van der Waals surface area contributed by atoms with Crippen LogP contribution in [0.25, 0.3) is 0 Å². The van der Waals surface area contributed by atoms with E-state index in [2.05, 4.69) is 45.3 Å². The van der Waals surface area contributed by atoms with Crippen molar-refractivity contribution in [2.24, 2.45) is 5.10 Å². The molecular weight excluding hydrogens is 262 g/mol. The molecular formula is C17H21N3O. The first kappa shape index (κ1) is 13.9. The lowest BCUT2D eigenvalue weighted by atomic mass is 10.2. The Kier molecular flexibility index (Phi) is 4.36. The molecule has 0 N–H and O–H groups in total. The third kappa shape index (κ3) is 3.73. The van der Waals surface area contributed by atoms with E-state index in [4.69, 9.17) is 4.42 Å². The van der Waals surface area contributed by atoms with E-state index < -0.39 is 0 Å². The highest BCUT2D eigenvalue weighted by molar-refractivity contribution is 5.95. The van der Waals surface area contributed by atoms with Crippen LogP contribution in [-0.2, 0) is 6.54 Å². The number of benzene rings is 1. The molecule has 0 amide bonds. The molecule has 3 rings (SSSR count). The van der Waals surface area contributed by atoms with Crippen LogP contribution in [0, 0.1) is 0 Å². The Morgan fingerprint density at radius 2 is 1.81 bits per heavy atom. The van der Waals surface area contributed by atoms with Gasteiger partial charge in [-0.3, -0.25) is 9.91 Å². The molecule has 1 aromatic heterocycles. The third-order valence-electron chi connectivity index (χ3n) is 3.77. The van der Waals surface area contributed by atoms with E-state index in [9.17, 15) is 0 Å². The average Bonchev–Trinajstić information content (AvgIpc) is 3.05. The predicted molar refractivity (Wildman–Crippen MR) is 84.2 cm³/mol. The van der Waals surface area contributed by atoms with E-state index in [0.29, 0.717) is 0 Å². The van der Waals surface area contributed by atoms with Crippen molar-refractivity contribution < 1.29 is 4.42 Å². The van der Waals surface area contributed by atoms with E-state index in [0.717, 1.165) is 44.2 Å². The van der Waals surface area contributed by atoms with Crippen LogP contribution in [0.4, 0.5) is 0 Å². The number of nitrogens with zero attached hydrogens (tertiary/aromatic N) is 3. The molecule has 1 fully saturated rings. The van der Waals surface area contributed by atoms with Gasteiger partial charge in [0.1, 0.15) is 5.76 Å². The molecule has 4 nitrogen and oxygen atoms in total. The van der Waals surface area contributed by atoms with Gasteiger partial charge in [-0.25, -0.2) is 0 Å². The maximum absolute atomic E-state index is 5.37. The lowest BCUT2D eigenvalue weighted by molar-refractivity contribution is 0.130. The molecule has 0 bridgehead atoms. The zero-order valence-corrected chi connectivity index (χ0v) is 12.4. The predicted octanol–water partition coefficient (Wildman–Crippen LogP) is 2.82. The van der Waals surface area contributed by atoms with Crippen LogP contribution in [0.1, 0.15) is 18.2 Å². The van der Waals surface area contributed by atoms with Crippen molar-refractivity contribution in [1.82, 2.24) is 9.91 Å². The van der Waals surface area contributed by atoms with Gasteiger partial charge < -0.3 is 4.42 Å². The molecule has 1 aromatic carbocycles. The van der Waals surface area contributed by atoms with Crippen LogP contribution >= 0.6 is 0 Å². The molecule has 2 aromatic rings. The van der Waals surface area contributed by atoms with E-state index in [1.807, 2.05) is 19.1 Å². The fourth-order valence-electron chi connectivity index (χ4n) is 2.58. The Balaban J connectivity index is 1.52. The molecule has 0 atom stereocenters. The Hall–Kier alpha value is -2.07. The molecule has 0 spiro atoms. The van der Waals surface area contributed by atoms with Crippen molar-refractivity contribution in [3.8, 4) is 0 Å². The van der Waals surface area contributed by atoms with Crippen LogP contribution < -0.4 is 0 Å². The van der Waals surface area contributed by atoms with E-state index >= 15 is 0 Å². The van der Waals surface area contributed by atoms with Gasteiger partial charge in [-0.05, 0) is 24.6 Å². The summed E-state index contributed by atoms with van der Waals surface area (Å²) < 4.78 is 5.37. The van der Waals surface area contributed by atoms with Gasteiger partial charge in [-0.2, -0.15) is 5.10 Å². The Morgan fingerprint density at radius 1 is 1.05 bits per heavy atom. The third-order valence-corrected chi connectivity index (χ3v) is 3.77. The summed E-state index contributed by atoms with van der Waals surface area (Å²) in [7, 11) is 0. The van der Waals surface area contributed by atoms with Gasteiger partial charge in [0, 0.05) is 32.7 Å². The summed E-state index contributed by atoms with van der Waals surface area (Å²) in [6, 6.07) is 14.5. The molecule has 0 aliphatic carbocycles. The molecule has 1 aliphatic heterocycles. The van der Waals surface area contributed by atoms with Gasteiger partial charge in [0.25, 0.3) is 0 Å².